The van der Waals surface area contributed by atoms with Gasteiger partial charge in [-0.15, -0.1) is 0 Å². The summed E-state index contributed by atoms with van der Waals surface area (Å²) in [6.45, 7) is -0.181. The highest BCUT2D eigenvalue weighted by Gasteiger charge is 2.74. The van der Waals surface area contributed by atoms with Crippen LogP contribution >= 0.6 is 0 Å². The topological polar surface area (TPSA) is 91.0 Å². The van der Waals surface area contributed by atoms with Crippen LogP contribution in [0.2, 0.25) is 0 Å². The largest absolute Gasteiger partial charge is 0.342 e. The lowest BCUT2D eigenvalue weighted by atomic mass is 9.41. The van der Waals surface area contributed by atoms with E-state index in [1.165, 1.54) is 29.2 Å². The molecule has 44 heavy (non-hydrogen) atoms. The van der Waals surface area contributed by atoms with Crippen LogP contribution in [0.15, 0.2) is 36.4 Å². The lowest BCUT2D eigenvalue weighted by Crippen LogP contribution is -2.71. The normalized spacial score (nSPS) is 29.9. The van der Waals surface area contributed by atoms with Gasteiger partial charge in [-0.25, -0.2) is 36.3 Å². The number of imidazole rings is 1. The van der Waals surface area contributed by atoms with Crippen molar-refractivity contribution in [1.82, 2.24) is 25.2 Å². The number of amides is 2. The van der Waals surface area contributed by atoms with Crippen molar-refractivity contribution in [2.75, 3.05) is 6.54 Å². The summed E-state index contributed by atoms with van der Waals surface area (Å²) in [5.74, 6) is -7.87. The SMILES string of the molecule is O=C(N[C@H](c1nc2nc([C@H]3CC(F)(F)CCN3C(=O)C34CC(F)(C3)C4)ccc2[nH]1)C1CCC(F)(F)CC1)c1ccccc1F. The Bertz CT molecular complexity index is 1610. The minimum absolute atomic E-state index is 0.0844. The van der Waals surface area contributed by atoms with Gasteiger partial charge in [-0.05, 0) is 62.3 Å². The number of nitrogens with zero attached hydrogens (tertiary/aromatic N) is 3. The summed E-state index contributed by atoms with van der Waals surface area (Å²) in [5, 5.41) is 2.77. The molecule has 8 rings (SSSR count). The molecule has 13 heteroatoms. The number of likely N-dealkylation sites (tertiary alicyclic amines) is 1. The third-order valence-corrected chi connectivity index (χ3v) is 9.93. The zero-order chi connectivity index (χ0) is 31.1. The molecule has 2 amide bonds. The van der Waals surface area contributed by atoms with Crippen molar-refractivity contribution in [3.63, 3.8) is 0 Å². The number of fused-ring (bicyclic) bond motifs is 1. The molecule has 4 saturated carbocycles. The van der Waals surface area contributed by atoms with Crippen molar-refractivity contribution >= 4 is 23.0 Å². The molecule has 1 saturated heterocycles. The summed E-state index contributed by atoms with van der Waals surface area (Å²) in [6, 6.07) is 6.60. The molecule has 5 fully saturated rings. The van der Waals surface area contributed by atoms with Gasteiger partial charge in [0.25, 0.3) is 11.8 Å². The quantitative estimate of drug-likeness (QED) is 0.305. The van der Waals surface area contributed by atoms with Gasteiger partial charge < -0.3 is 15.2 Å². The molecular weight excluding hydrogens is 588 g/mol. The Morgan fingerprint density at radius 2 is 1.64 bits per heavy atom. The van der Waals surface area contributed by atoms with E-state index in [1.54, 1.807) is 6.07 Å². The van der Waals surface area contributed by atoms with Crippen LogP contribution in [0, 0.1) is 17.2 Å². The number of hydrogen-bond donors (Lipinski definition) is 2. The molecule has 2 aromatic heterocycles. The van der Waals surface area contributed by atoms with Gasteiger partial charge in [0.2, 0.25) is 11.8 Å². The highest BCUT2D eigenvalue weighted by Crippen LogP contribution is 2.70. The molecule has 3 aromatic rings. The first-order chi connectivity index (χ1) is 20.8. The third kappa shape index (κ3) is 5.01. The Hall–Kier alpha value is -3.64. The van der Waals surface area contributed by atoms with Gasteiger partial charge in [-0.1, -0.05) is 12.1 Å². The van der Waals surface area contributed by atoms with E-state index in [1.807, 2.05) is 0 Å². The number of hydrogen-bond acceptors (Lipinski definition) is 4. The van der Waals surface area contributed by atoms with E-state index in [0.717, 1.165) is 6.07 Å². The molecule has 0 spiro atoms. The van der Waals surface area contributed by atoms with Gasteiger partial charge in [-0.2, -0.15) is 0 Å². The predicted molar refractivity (Wildman–Crippen MR) is 146 cm³/mol. The summed E-state index contributed by atoms with van der Waals surface area (Å²) in [4.78, 5) is 40.1. The molecule has 2 atom stereocenters. The van der Waals surface area contributed by atoms with Crippen molar-refractivity contribution in [3.05, 3.63) is 59.3 Å². The van der Waals surface area contributed by atoms with E-state index < -0.39 is 65.5 Å². The predicted octanol–water partition coefficient (Wildman–Crippen LogP) is 6.58. The van der Waals surface area contributed by atoms with Crippen molar-refractivity contribution in [1.29, 1.82) is 0 Å². The zero-order valence-corrected chi connectivity index (χ0v) is 23.7. The number of piperidine rings is 1. The van der Waals surface area contributed by atoms with Crippen LogP contribution in [-0.4, -0.2) is 55.7 Å². The minimum Gasteiger partial charge on any atom is -0.342 e. The number of halogens is 6. The smallest absolute Gasteiger partial charge is 0.254 e. The summed E-state index contributed by atoms with van der Waals surface area (Å²) in [6.07, 6.45) is -1.38. The van der Waals surface area contributed by atoms with Crippen LogP contribution in [0.1, 0.15) is 91.7 Å². The first-order valence-electron chi connectivity index (χ1n) is 14.9. The van der Waals surface area contributed by atoms with Crippen LogP contribution in [0.25, 0.3) is 11.2 Å². The summed E-state index contributed by atoms with van der Waals surface area (Å²) >= 11 is 0. The summed E-state index contributed by atoms with van der Waals surface area (Å²) < 4.78 is 85.9. The Morgan fingerprint density at radius 3 is 2.32 bits per heavy atom. The maximum atomic E-state index is 14.6. The number of carbonyl (C=O) groups excluding carboxylic acids is 2. The van der Waals surface area contributed by atoms with Gasteiger partial charge in [0.15, 0.2) is 5.65 Å². The molecule has 3 heterocycles. The number of alkyl halides is 5. The second-order valence-corrected chi connectivity index (χ2v) is 13.1. The maximum absolute atomic E-state index is 14.6. The number of rotatable bonds is 6. The molecule has 0 unspecified atom stereocenters. The third-order valence-electron chi connectivity index (χ3n) is 9.93. The van der Waals surface area contributed by atoms with Crippen LogP contribution in [0.5, 0.6) is 0 Å². The van der Waals surface area contributed by atoms with Crippen LogP contribution in [0.3, 0.4) is 0 Å². The van der Waals surface area contributed by atoms with Crippen LogP contribution < -0.4 is 5.32 Å². The molecule has 1 aromatic carbocycles. The van der Waals surface area contributed by atoms with E-state index in [-0.39, 0.29) is 80.1 Å². The van der Waals surface area contributed by atoms with Crippen molar-refractivity contribution < 1.29 is 35.9 Å². The van der Waals surface area contributed by atoms with Gasteiger partial charge in [0, 0.05) is 32.2 Å². The molecular formula is C31H31F6N5O2. The number of nitrogens with one attached hydrogen (secondary N) is 2. The Balaban J connectivity index is 1.19. The van der Waals surface area contributed by atoms with Gasteiger partial charge >= 0.3 is 0 Å². The average molecular weight is 620 g/mol. The van der Waals surface area contributed by atoms with Crippen molar-refractivity contribution in [2.24, 2.45) is 11.3 Å². The molecule has 2 bridgehead atoms. The molecule has 5 aliphatic rings. The second kappa shape index (κ2) is 9.93. The monoisotopic (exact) mass is 619 g/mol. The van der Waals surface area contributed by atoms with Crippen LogP contribution in [0.4, 0.5) is 26.3 Å². The second-order valence-electron chi connectivity index (χ2n) is 13.1. The van der Waals surface area contributed by atoms with Crippen LogP contribution in [-0.2, 0) is 4.79 Å². The Morgan fingerprint density at radius 1 is 0.932 bits per heavy atom. The van der Waals surface area contributed by atoms with Gasteiger partial charge in [0.05, 0.1) is 34.3 Å². The average Bonchev–Trinajstić information content (AvgIpc) is 3.36. The fraction of sp³-hybridized carbons (Fsp3) is 0.548. The standard InChI is InChI=1S/C31H31F6N5O2/c32-19-4-2-1-3-18(19)26(43)40-23(17-7-9-30(34,35)10-8-17)25-39-21-6-5-20(38-24(21)41-25)22-13-31(36,37)11-12-42(22)27(44)28-14-29(33,15-28)16-28/h1-6,17,22-23H,7-16H2,(H,40,43)(H,38,39,41)/t22-,23+,28?,29?/m1/s1. The highest BCUT2D eigenvalue weighted by molar-refractivity contribution is 5.94. The number of carbonyl (C=O) groups is 2. The highest BCUT2D eigenvalue weighted by atomic mass is 19.3. The Kier molecular flexibility index (Phi) is 6.57. The molecule has 2 N–H and O–H groups in total. The molecule has 0 radical (unpaired) electrons. The van der Waals surface area contributed by atoms with Gasteiger partial charge in [-0.3, -0.25) is 9.59 Å². The molecule has 4 aliphatic carbocycles. The van der Waals surface area contributed by atoms with Crippen molar-refractivity contribution in [2.45, 2.75) is 87.4 Å². The lowest BCUT2D eigenvalue weighted by Gasteiger charge is -2.65. The summed E-state index contributed by atoms with van der Waals surface area (Å²) in [5.41, 5.74) is -1.61. The number of benzene rings is 1. The maximum Gasteiger partial charge on any atom is 0.254 e. The number of H-pyrrole nitrogens is 1. The number of aromatic amines is 1. The Labute approximate surface area is 248 Å². The summed E-state index contributed by atoms with van der Waals surface area (Å²) in [7, 11) is 0. The lowest BCUT2D eigenvalue weighted by molar-refractivity contribution is -0.227. The fourth-order valence-electron chi connectivity index (χ4n) is 7.57. The fourth-order valence-corrected chi connectivity index (χ4v) is 7.57. The van der Waals surface area contributed by atoms with E-state index in [0.29, 0.717) is 5.52 Å². The van der Waals surface area contributed by atoms with E-state index in [4.69, 9.17) is 0 Å². The first kappa shape index (κ1) is 29.1. The zero-order valence-electron chi connectivity index (χ0n) is 23.7. The van der Waals surface area contributed by atoms with E-state index in [9.17, 15) is 35.9 Å². The molecule has 7 nitrogen and oxygen atoms in total. The first-order valence-corrected chi connectivity index (χ1v) is 14.9. The number of pyridine rings is 1. The molecule has 1 aliphatic heterocycles. The molecule has 234 valence electrons. The minimum atomic E-state index is -3.03. The van der Waals surface area contributed by atoms with Crippen molar-refractivity contribution in [3.8, 4) is 0 Å². The van der Waals surface area contributed by atoms with E-state index >= 15 is 0 Å². The van der Waals surface area contributed by atoms with Gasteiger partial charge in [0.1, 0.15) is 17.3 Å². The van der Waals surface area contributed by atoms with E-state index in [2.05, 4.69) is 20.3 Å². The number of aromatic nitrogens is 3.